The first-order valence-electron chi connectivity index (χ1n) is 10.2. The molecule has 2 saturated heterocycles. The quantitative estimate of drug-likeness (QED) is 0.688. The molecule has 1 aromatic rings. The van der Waals surface area contributed by atoms with Gasteiger partial charge in [-0.3, -0.25) is 4.79 Å². The van der Waals surface area contributed by atoms with E-state index in [0.29, 0.717) is 32.5 Å². The summed E-state index contributed by atoms with van der Waals surface area (Å²) >= 11 is 0. The van der Waals surface area contributed by atoms with Crippen LogP contribution >= 0.6 is 0 Å². The van der Waals surface area contributed by atoms with E-state index in [1.807, 2.05) is 6.92 Å². The smallest absolute Gasteiger partial charge is 0.243 e. The molecule has 1 atom stereocenters. The number of rotatable bonds is 7. The largest absolute Gasteiger partial charge is 0.355 e. The second kappa shape index (κ2) is 9.11. The van der Waals surface area contributed by atoms with E-state index in [9.17, 15) is 21.6 Å². The molecule has 8 nitrogen and oxygen atoms in total. The number of nitrogens with zero attached hydrogens (tertiary/aromatic N) is 2. The standard InChI is InChI=1S/C19H29N3O5S2/c1-2-12-20-19(23)18-7-6-15-22(18)29(26,27)17-10-8-16(9-11-17)28(24,25)21-13-4-3-5-14-21/h8-11,18H,2-7,12-15H2,1H3,(H,20,23). The average molecular weight is 444 g/mol. The second-order valence-corrected chi connectivity index (χ2v) is 11.3. The van der Waals surface area contributed by atoms with Crippen molar-refractivity contribution in [3.63, 3.8) is 0 Å². The van der Waals surface area contributed by atoms with Gasteiger partial charge in [0.15, 0.2) is 0 Å². The topological polar surface area (TPSA) is 104 Å². The summed E-state index contributed by atoms with van der Waals surface area (Å²) in [6.07, 6.45) is 4.57. The number of hydrogen-bond acceptors (Lipinski definition) is 5. The minimum atomic E-state index is -3.88. The summed E-state index contributed by atoms with van der Waals surface area (Å²) in [4.78, 5) is 12.5. The lowest BCUT2D eigenvalue weighted by Crippen LogP contribution is -2.46. The van der Waals surface area contributed by atoms with Crippen molar-refractivity contribution in [1.29, 1.82) is 0 Å². The van der Waals surface area contributed by atoms with E-state index in [4.69, 9.17) is 0 Å². The Labute approximate surface area is 173 Å². The van der Waals surface area contributed by atoms with Gasteiger partial charge in [0.2, 0.25) is 26.0 Å². The Hall–Kier alpha value is -1.49. The zero-order chi connectivity index (χ0) is 21.1. The molecule has 2 aliphatic rings. The maximum atomic E-state index is 13.1. The first kappa shape index (κ1) is 22.2. The van der Waals surface area contributed by atoms with Crippen LogP contribution in [0.5, 0.6) is 0 Å². The molecule has 162 valence electrons. The van der Waals surface area contributed by atoms with Crippen molar-refractivity contribution in [2.45, 2.75) is 61.3 Å². The highest BCUT2D eigenvalue weighted by Gasteiger charge is 2.39. The van der Waals surface area contributed by atoms with Crippen LogP contribution in [-0.2, 0) is 24.8 Å². The van der Waals surface area contributed by atoms with Crippen molar-refractivity contribution >= 4 is 26.0 Å². The monoisotopic (exact) mass is 443 g/mol. The van der Waals surface area contributed by atoms with Gasteiger partial charge in [0.25, 0.3) is 0 Å². The van der Waals surface area contributed by atoms with E-state index in [2.05, 4.69) is 5.32 Å². The molecule has 10 heteroatoms. The summed E-state index contributed by atoms with van der Waals surface area (Å²) in [6, 6.07) is 4.62. The van der Waals surface area contributed by atoms with E-state index in [0.717, 1.165) is 25.7 Å². The van der Waals surface area contributed by atoms with Crippen LogP contribution in [0.1, 0.15) is 45.4 Å². The number of sulfonamides is 2. The molecule has 0 aromatic heterocycles. The van der Waals surface area contributed by atoms with Crippen LogP contribution in [0, 0.1) is 0 Å². The van der Waals surface area contributed by atoms with Gasteiger partial charge < -0.3 is 5.32 Å². The molecule has 0 spiro atoms. The van der Waals surface area contributed by atoms with Crippen molar-refractivity contribution in [1.82, 2.24) is 13.9 Å². The third-order valence-electron chi connectivity index (χ3n) is 5.44. The molecule has 0 saturated carbocycles. The Morgan fingerprint density at radius 2 is 1.52 bits per heavy atom. The Bertz CT molecular complexity index is 923. The van der Waals surface area contributed by atoms with Crippen LogP contribution in [-0.4, -0.2) is 63.6 Å². The van der Waals surface area contributed by atoms with E-state index < -0.39 is 26.1 Å². The Balaban J connectivity index is 1.80. The van der Waals surface area contributed by atoms with Gasteiger partial charge in [-0.05, 0) is 56.4 Å². The summed E-state index contributed by atoms with van der Waals surface area (Å²) in [5, 5.41) is 2.76. The molecule has 0 radical (unpaired) electrons. The van der Waals surface area contributed by atoms with Crippen molar-refractivity contribution in [3.05, 3.63) is 24.3 Å². The van der Waals surface area contributed by atoms with Crippen LogP contribution in [0.4, 0.5) is 0 Å². The van der Waals surface area contributed by atoms with Gasteiger partial charge in [-0.25, -0.2) is 16.8 Å². The molecule has 29 heavy (non-hydrogen) atoms. The molecule has 2 fully saturated rings. The zero-order valence-electron chi connectivity index (χ0n) is 16.7. The lowest BCUT2D eigenvalue weighted by Gasteiger charge is -2.26. The normalized spacial score (nSPS) is 21.9. The molecule has 2 heterocycles. The lowest BCUT2D eigenvalue weighted by molar-refractivity contribution is -0.124. The Kier molecular flexibility index (Phi) is 6.98. The number of carbonyl (C=O) groups is 1. The predicted molar refractivity (Wildman–Crippen MR) is 109 cm³/mol. The van der Waals surface area contributed by atoms with Crippen LogP contribution < -0.4 is 5.32 Å². The van der Waals surface area contributed by atoms with Crippen LogP contribution in [0.3, 0.4) is 0 Å². The summed E-state index contributed by atoms with van der Waals surface area (Å²) in [5.41, 5.74) is 0. The Morgan fingerprint density at radius 3 is 2.10 bits per heavy atom. The maximum Gasteiger partial charge on any atom is 0.243 e. The summed E-state index contributed by atoms with van der Waals surface area (Å²) in [6.45, 7) is 3.70. The van der Waals surface area contributed by atoms with Gasteiger partial charge in [0.05, 0.1) is 9.79 Å². The molecule has 0 bridgehead atoms. The fraction of sp³-hybridized carbons (Fsp3) is 0.632. The summed E-state index contributed by atoms with van der Waals surface area (Å²) < 4.78 is 54.3. The fourth-order valence-electron chi connectivity index (χ4n) is 3.83. The number of benzene rings is 1. The van der Waals surface area contributed by atoms with E-state index in [1.165, 1.54) is 32.9 Å². The van der Waals surface area contributed by atoms with Crippen LogP contribution in [0.15, 0.2) is 34.1 Å². The molecule has 3 rings (SSSR count). The highest BCUT2D eigenvalue weighted by molar-refractivity contribution is 7.89. The third-order valence-corrected chi connectivity index (χ3v) is 9.27. The second-order valence-electron chi connectivity index (χ2n) is 7.50. The van der Waals surface area contributed by atoms with E-state index in [1.54, 1.807) is 0 Å². The zero-order valence-corrected chi connectivity index (χ0v) is 18.3. The van der Waals surface area contributed by atoms with Gasteiger partial charge in [-0.2, -0.15) is 8.61 Å². The SMILES string of the molecule is CCCNC(=O)C1CCCN1S(=O)(=O)c1ccc(S(=O)(=O)N2CCCCC2)cc1. The van der Waals surface area contributed by atoms with Crippen molar-refractivity contribution < 1.29 is 21.6 Å². The van der Waals surface area contributed by atoms with Gasteiger partial charge in [-0.1, -0.05) is 13.3 Å². The molecular formula is C19H29N3O5S2. The van der Waals surface area contributed by atoms with E-state index >= 15 is 0 Å². The van der Waals surface area contributed by atoms with Crippen molar-refractivity contribution in [2.75, 3.05) is 26.2 Å². The lowest BCUT2D eigenvalue weighted by atomic mass is 10.2. The molecule has 1 unspecified atom stereocenters. The summed E-state index contributed by atoms with van der Waals surface area (Å²) in [5.74, 6) is -0.280. The molecule has 1 amide bonds. The fourth-order valence-corrected chi connectivity index (χ4v) is 7.00. The highest BCUT2D eigenvalue weighted by atomic mass is 32.2. The summed E-state index contributed by atoms with van der Waals surface area (Å²) in [7, 11) is -7.50. The van der Waals surface area contributed by atoms with Crippen LogP contribution in [0.25, 0.3) is 0 Å². The van der Waals surface area contributed by atoms with Gasteiger partial charge in [-0.15, -0.1) is 0 Å². The molecule has 0 aliphatic carbocycles. The first-order valence-corrected chi connectivity index (χ1v) is 13.1. The van der Waals surface area contributed by atoms with Crippen molar-refractivity contribution in [2.24, 2.45) is 0 Å². The van der Waals surface area contributed by atoms with E-state index in [-0.39, 0.29) is 22.2 Å². The number of carbonyl (C=O) groups excluding carboxylic acids is 1. The number of nitrogens with one attached hydrogen (secondary N) is 1. The minimum absolute atomic E-state index is 0.00489. The van der Waals surface area contributed by atoms with Crippen LogP contribution in [0.2, 0.25) is 0 Å². The average Bonchev–Trinajstić information content (AvgIpc) is 3.24. The highest BCUT2D eigenvalue weighted by Crippen LogP contribution is 2.28. The molecular weight excluding hydrogens is 414 g/mol. The number of piperidine rings is 1. The number of hydrogen-bond donors (Lipinski definition) is 1. The predicted octanol–water partition coefficient (Wildman–Crippen LogP) is 1.54. The first-order chi connectivity index (χ1) is 13.8. The van der Waals surface area contributed by atoms with Crippen molar-refractivity contribution in [3.8, 4) is 0 Å². The molecule has 2 aliphatic heterocycles. The minimum Gasteiger partial charge on any atom is -0.355 e. The van der Waals surface area contributed by atoms with Gasteiger partial charge in [0, 0.05) is 26.2 Å². The maximum absolute atomic E-state index is 13.1. The van der Waals surface area contributed by atoms with Gasteiger partial charge in [0.1, 0.15) is 6.04 Å². The Morgan fingerprint density at radius 1 is 0.931 bits per heavy atom. The molecule has 1 aromatic carbocycles. The molecule has 1 N–H and O–H groups in total. The van der Waals surface area contributed by atoms with Gasteiger partial charge >= 0.3 is 0 Å². The number of amides is 1. The third kappa shape index (κ3) is 4.65.